The van der Waals surface area contributed by atoms with Crippen LogP contribution in [0.25, 0.3) is 0 Å². The van der Waals surface area contributed by atoms with Crippen molar-refractivity contribution in [2.45, 2.75) is 31.2 Å². The molecule has 0 amide bonds. The minimum Gasteiger partial charge on any atom is -0.497 e. The third-order valence-electron chi connectivity index (χ3n) is 3.37. The molecule has 19 heavy (non-hydrogen) atoms. The van der Waals surface area contributed by atoms with Crippen molar-refractivity contribution in [3.63, 3.8) is 0 Å². The molecule has 2 N–H and O–H groups in total. The highest BCUT2D eigenvalue weighted by Crippen LogP contribution is 2.34. The summed E-state index contributed by atoms with van der Waals surface area (Å²) in [6.07, 6.45) is -5.36. The molecular weight excluding hydrogens is 259 g/mol. The summed E-state index contributed by atoms with van der Waals surface area (Å²) in [6, 6.07) is 5.43. The number of methoxy groups -OCH3 is 1. The van der Waals surface area contributed by atoms with Gasteiger partial charge >= 0.3 is 6.18 Å². The Bertz CT molecular complexity index is 448. The molecule has 0 radical (unpaired) electrons. The lowest BCUT2D eigenvalue weighted by Gasteiger charge is -2.19. The molecule has 6 heteroatoms. The Morgan fingerprint density at radius 2 is 2.21 bits per heavy atom. The molecule has 0 saturated carbocycles. The van der Waals surface area contributed by atoms with Crippen molar-refractivity contribution >= 4 is 0 Å². The quantitative estimate of drug-likeness (QED) is 0.885. The van der Waals surface area contributed by atoms with Crippen LogP contribution in [0.4, 0.5) is 13.2 Å². The van der Waals surface area contributed by atoms with Gasteiger partial charge in [0.15, 0.2) is 6.10 Å². The topological polar surface area (TPSA) is 41.5 Å². The smallest absolute Gasteiger partial charge is 0.415 e. The highest BCUT2D eigenvalue weighted by atomic mass is 19.4. The van der Waals surface area contributed by atoms with Gasteiger partial charge in [0.05, 0.1) is 7.11 Å². The number of nitrogens with one attached hydrogen (secondary N) is 1. The average molecular weight is 275 g/mol. The van der Waals surface area contributed by atoms with Crippen molar-refractivity contribution in [2.24, 2.45) is 0 Å². The Labute approximate surface area is 109 Å². The highest BCUT2D eigenvalue weighted by Gasteiger charge is 2.38. The summed E-state index contributed by atoms with van der Waals surface area (Å²) in [5.74, 6) is 0.684. The van der Waals surface area contributed by atoms with Gasteiger partial charge in [-0.2, -0.15) is 13.2 Å². The van der Waals surface area contributed by atoms with Gasteiger partial charge in [-0.05, 0) is 36.1 Å². The zero-order valence-corrected chi connectivity index (χ0v) is 10.5. The SMILES string of the molecule is COc1ccc2c(c1)C(NCC(O)C(F)(F)F)CC2. The standard InChI is InChI=1S/C13H16F3NO2/c1-19-9-4-2-8-3-5-11(10(8)6-9)17-7-12(18)13(14,15)16/h2,4,6,11-12,17-18H,3,5,7H2,1H3. The number of halogens is 3. The van der Waals surface area contributed by atoms with E-state index < -0.39 is 18.8 Å². The predicted octanol–water partition coefficient (Wildman–Crippen LogP) is 2.20. The molecule has 2 unspecified atom stereocenters. The van der Waals surface area contributed by atoms with Crippen molar-refractivity contribution in [2.75, 3.05) is 13.7 Å². The summed E-state index contributed by atoms with van der Waals surface area (Å²) in [4.78, 5) is 0. The van der Waals surface area contributed by atoms with Crippen molar-refractivity contribution in [3.8, 4) is 5.75 Å². The van der Waals surface area contributed by atoms with E-state index in [4.69, 9.17) is 9.84 Å². The van der Waals surface area contributed by atoms with Crippen LogP contribution in [-0.4, -0.2) is 31.0 Å². The van der Waals surface area contributed by atoms with Crippen LogP contribution in [-0.2, 0) is 6.42 Å². The summed E-state index contributed by atoms with van der Waals surface area (Å²) in [7, 11) is 1.55. The van der Waals surface area contributed by atoms with Gasteiger partial charge < -0.3 is 15.2 Å². The van der Waals surface area contributed by atoms with E-state index in [1.807, 2.05) is 18.2 Å². The van der Waals surface area contributed by atoms with E-state index in [0.717, 1.165) is 24.0 Å². The number of hydrogen-bond donors (Lipinski definition) is 2. The van der Waals surface area contributed by atoms with Crippen molar-refractivity contribution < 1.29 is 23.0 Å². The number of benzene rings is 1. The number of ether oxygens (including phenoxy) is 1. The van der Waals surface area contributed by atoms with E-state index in [9.17, 15) is 13.2 Å². The zero-order valence-electron chi connectivity index (χ0n) is 10.5. The molecule has 0 bridgehead atoms. The summed E-state index contributed by atoms with van der Waals surface area (Å²) in [5, 5.41) is 11.8. The van der Waals surface area contributed by atoms with E-state index in [0.29, 0.717) is 5.75 Å². The molecule has 106 valence electrons. The van der Waals surface area contributed by atoms with Crippen LogP contribution in [0.3, 0.4) is 0 Å². The van der Waals surface area contributed by atoms with Crippen LogP contribution in [0, 0.1) is 0 Å². The number of fused-ring (bicyclic) bond motifs is 1. The number of aliphatic hydroxyl groups excluding tert-OH is 1. The zero-order chi connectivity index (χ0) is 14.0. The lowest BCUT2D eigenvalue weighted by Crippen LogP contribution is -2.39. The minimum absolute atomic E-state index is 0.165. The molecule has 2 atom stereocenters. The van der Waals surface area contributed by atoms with Crippen LogP contribution in [0.5, 0.6) is 5.75 Å². The number of alkyl halides is 3. The first kappa shape index (κ1) is 14.1. The van der Waals surface area contributed by atoms with Crippen molar-refractivity contribution in [1.82, 2.24) is 5.32 Å². The van der Waals surface area contributed by atoms with E-state index in [2.05, 4.69) is 5.32 Å². The fraction of sp³-hybridized carbons (Fsp3) is 0.538. The maximum atomic E-state index is 12.2. The molecule has 3 nitrogen and oxygen atoms in total. The first-order valence-electron chi connectivity index (χ1n) is 6.07. The van der Waals surface area contributed by atoms with Crippen molar-refractivity contribution in [3.05, 3.63) is 29.3 Å². The molecule has 1 aromatic carbocycles. The van der Waals surface area contributed by atoms with Crippen LogP contribution >= 0.6 is 0 Å². The van der Waals surface area contributed by atoms with E-state index >= 15 is 0 Å². The lowest BCUT2D eigenvalue weighted by molar-refractivity contribution is -0.202. The molecule has 0 saturated heterocycles. The van der Waals surface area contributed by atoms with Crippen LogP contribution in [0.2, 0.25) is 0 Å². The van der Waals surface area contributed by atoms with E-state index in [1.165, 1.54) is 0 Å². The summed E-state index contributed by atoms with van der Waals surface area (Å²) < 4.78 is 41.8. The molecule has 2 rings (SSSR count). The van der Waals surface area contributed by atoms with E-state index in [1.54, 1.807) is 7.11 Å². The second kappa shape index (κ2) is 5.38. The fourth-order valence-electron chi connectivity index (χ4n) is 2.29. The molecule has 0 heterocycles. The second-order valence-corrected chi connectivity index (χ2v) is 4.62. The van der Waals surface area contributed by atoms with Gasteiger partial charge in [-0.15, -0.1) is 0 Å². The minimum atomic E-state index is -4.58. The van der Waals surface area contributed by atoms with Gasteiger partial charge in [-0.25, -0.2) is 0 Å². The largest absolute Gasteiger partial charge is 0.497 e. The molecule has 0 aromatic heterocycles. The molecule has 0 aliphatic heterocycles. The number of rotatable bonds is 4. The molecule has 0 spiro atoms. The van der Waals surface area contributed by atoms with Gasteiger partial charge in [0.1, 0.15) is 5.75 Å². The Balaban J connectivity index is 2.02. The fourth-order valence-corrected chi connectivity index (χ4v) is 2.29. The van der Waals surface area contributed by atoms with Gasteiger partial charge in [-0.3, -0.25) is 0 Å². The third kappa shape index (κ3) is 3.19. The van der Waals surface area contributed by atoms with E-state index in [-0.39, 0.29) is 6.04 Å². The second-order valence-electron chi connectivity index (χ2n) is 4.62. The van der Waals surface area contributed by atoms with Crippen LogP contribution in [0.1, 0.15) is 23.6 Å². The van der Waals surface area contributed by atoms with Crippen LogP contribution < -0.4 is 10.1 Å². The van der Waals surface area contributed by atoms with Gasteiger partial charge in [-0.1, -0.05) is 6.07 Å². The third-order valence-corrected chi connectivity index (χ3v) is 3.37. The van der Waals surface area contributed by atoms with Gasteiger partial charge in [0.2, 0.25) is 0 Å². The molecular formula is C13H16F3NO2. The van der Waals surface area contributed by atoms with Crippen molar-refractivity contribution in [1.29, 1.82) is 0 Å². The highest BCUT2D eigenvalue weighted by molar-refractivity contribution is 5.40. The summed E-state index contributed by atoms with van der Waals surface area (Å²) in [6.45, 7) is -0.495. The van der Waals surface area contributed by atoms with Crippen LogP contribution in [0.15, 0.2) is 18.2 Å². The van der Waals surface area contributed by atoms with Gasteiger partial charge in [0, 0.05) is 12.6 Å². The number of aliphatic hydroxyl groups is 1. The normalized spacial score (nSPS) is 20.2. The molecule has 1 aliphatic rings. The average Bonchev–Trinajstić information content (AvgIpc) is 2.76. The van der Waals surface area contributed by atoms with Gasteiger partial charge in [0.25, 0.3) is 0 Å². The first-order valence-corrected chi connectivity index (χ1v) is 6.07. The predicted molar refractivity (Wildman–Crippen MR) is 64.1 cm³/mol. The summed E-state index contributed by atoms with van der Waals surface area (Å²) >= 11 is 0. The number of hydrogen-bond acceptors (Lipinski definition) is 3. The number of aryl methyl sites for hydroxylation is 1. The Morgan fingerprint density at radius 1 is 1.47 bits per heavy atom. The first-order chi connectivity index (χ1) is 8.91. The Morgan fingerprint density at radius 3 is 2.84 bits per heavy atom. The Hall–Kier alpha value is -1.27. The molecule has 1 aromatic rings. The molecule has 1 aliphatic carbocycles. The maximum Gasteiger partial charge on any atom is 0.415 e. The Kier molecular flexibility index (Phi) is 4.01. The monoisotopic (exact) mass is 275 g/mol. The summed E-state index contributed by atoms with van der Waals surface area (Å²) in [5.41, 5.74) is 2.06. The maximum absolute atomic E-state index is 12.2. The lowest BCUT2D eigenvalue weighted by atomic mass is 10.1. The molecule has 0 fully saturated rings.